The van der Waals surface area contributed by atoms with Crippen LogP contribution in [0.2, 0.25) is 0 Å². The van der Waals surface area contributed by atoms with Crippen molar-refractivity contribution in [1.82, 2.24) is 20.3 Å². The summed E-state index contributed by atoms with van der Waals surface area (Å²) in [4.78, 5) is 22.0. The van der Waals surface area contributed by atoms with E-state index in [9.17, 15) is 9.59 Å². The van der Waals surface area contributed by atoms with Gasteiger partial charge in [-0.05, 0) is 12.1 Å². The number of aliphatic carboxylic acids is 1. The minimum Gasteiger partial charge on any atom is -0.480 e. The van der Waals surface area contributed by atoms with E-state index < -0.39 is 17.9 Å². The van der Waals surface area contributed by atoms with Crippen LogP contribution in [-0.2, 0) is 16.0 Å². The van der Waals surface area contributed by atoms with Gasteiger partial charge in [0.15, 0.2) is 0 Å². The number of carboxylic acid groups (broad SMARTS) is 1. The number of amides is 1. The number of nitrogens with zero attached hydrogens (tertiary/aromatic N) is 3. The Morgan fingerprint density at radius 2 is 2.05 bits per heavy atom. The molecular weight excluding hydrogens is 260 g/mol. The molecule has 0 aliphatic heterocycles. The highest BCUT2D eigenvalue weighted by atomic mass is 16.4. The molecule has 20 heavy (non-hydrogen) atoms. The third-order valence-electron chi connectivity index (χ3n) is 2.65. The van der Waals surface area contributed by atoms with Crippen molar-refractivity contribution in [3.8, 4) is 5.69 Å². The Morgan fingerprint density at radius 1 is 1.35 bits per heavy atom. The zero-order valence-corrected chi connectivity index (χ0v) is 10.9. The summed E-state index contributed by atoms with van der Waals surface area (Å²) >= 11 is 0. The van der Waals surface area contributed by atoms with Crippen LogP contribution in [0.15, 0.2) is 36.5 Å². The van der Waals surface area contributed by atoms with Crippen molar-refractivity contribution in [2.75, 3.05) is 0 Å². The molecule has 1 aromatic carbocycles. The minimum absolute atomic E-state index is 0.0851. The van der Waals surface area contributed by atoms with E-state index in [1.165, 1.54) is 6.92 Å². The monoisotopic (exact) mass is 274 g/mol. The lowest BCUT2D eigenvalue weighted by molar-refractivity contribution is -0.141. The van der Waals surface area contributed by atoms with Crippen LogP contribution >= 0.6 is 0 Å². The van der Waals surface area contributed by atoms with Crippen LogP contribution in [0, 0.1) is 0 Å². The maximum Gasteiger partial charge on any atom is 0.326 e. The van der Waals surface area contributed by atoms with Gasteiger partial charge in [-0.25, -0.2) is 9.48 Å². The maximum absolute atomic E-state index is 11.0. The Bertz CT molecular complexity index is 609. The first kappa shape index (κ1) is 13.7. The van der Waals surface area contributed by atoms with E-state index in [-0.39, 0.29) is 6.42 Å². The largest absolute Gasteiger partial charge is 0.480 e. The standard InChI is InChI=1S/C13H14N4O3/c1-9(18)14-12(13(19)20)7-10-8-17(16-15-10)11-5-3-2-4-6-11/h2-6,8,12H,7H2,1H3,(H,14,18)(H,19,20). The smallest absolute Gasteiger partial charge is 0.326 e. The van der Waals surface area contributed by atoms with Crippen molar-refractivity contribution in [3.63, 3.8) is 0 Å². The molecule has 1 heterocycles. The Morgan fingerprint density at radius 3 is 2.65 bits per heavy atom. The Labute approximate surface area is 115 Å². The van der Waals surface area contributed by atoms with Gasteiger partial charge in [-0.2, -0.15) is 0 Å². The van der Waals surface area contributed by atoms with Gasteiger partial charge in [-0.3, -0.25) is 4.79 Å². The predicted octanol–water partition coefficient (Wildman–Crippen LogP) is 0.399. The van der Waals surface area contributed by atoms with Crippen molar-refractivity contribution in [2.24, 2.45) is 0 Å². The highest BCUT2D eigenvalue weighted by Crippen LogP contribution is 2.07. The van der Waals surface area contributed by atoms with Crippen molar-refractivity contribution in [3.05, 3.63) is 42.2 Å². The Hall–Kier alpha value is -2.70. The number of carboxylic acids is 1. The number of carbonyl (C=O) groups is 2. The van der Waals surface area contributed by atoms with Gasteiger partial charge < -0.3 is 10.4 Å². The third kappa shape index (κ3) is 3.41. The van der Waals surface area contributed by atoms with Crippen LogP contribution in [0.25, 0.3) is 5.69 Å². The maximum atomic E-state index is 11.0. The fourth-order valence-corrected chi connectivity index (χ4v) is 1.75. The number of carbonyl (C=O) groups excluding carboxylic acids is 1. The number of para-hydroxylation sites is 1. The molecule has 2 rings (SSSR count). The molecule has 7 heteroatoms. The molecule has 2 aromatic rings. The number of hydrogen-bond donors (Lipinski definition) is 2. The summed E-state index contributed by atoms with van der Waals surface area (Å²) in [5, 5.41) is 19.3. The van der Waals surface area contributed by atoms with Crippen LogP contribution in [0.5, 0.6) is 0 Å². The summed E-state index contributed by atoms with van der Waals surface area (Å²) in [6.07, 6.45) is 1.73. The molecule has 0 radical (unpaired) electrons. The lowest BCUT2D eigenvalue weighted by atomic mass is 10.1. The second-order valence-corrected chi connectivity index (χ2v) is 4.29. The van der Waals surface area contributed by atoms with Gasteiger partial charge in [-0.1, -0.05) is 23.4 Å². The van der Waals surface area contributed by atoms with Gasteiger partial charge in [0, 0.05) is 13.3 Å². The number of nitrogens with one attached hydrogen (secondary N) is 1. The first-order valence-electron chi connectivity index (χ1n) is 6.03. The Balaban J connectivity index is 2.12. The molecule has 1 amide bonds. The van der Waals surface area contributed by atoms with Crippen molar-refractivity contribution in [2.45, 2.75) is 19.4 Å². The number of rotatable bonds is 5. The molecule has 0 fully saturated rings. The lowest BCUT2D eigenvalue weighted by Gasteiger charge is -2.10. The van der Waals surface area contributed by atoms with E-state index in [0.29, 0.717) is 5.69 Å². The van der Waals surface area contributed by atoms with Gasteiger partial charge in [0.25, 0.3) is 0 Å². The van der Waals surface area contributed by atoms with E-state index in [1.807, 2.05) is 30.3 Å². The summed E-state index contributed by atoms with van der Waals surface area (Å²) in [5.74, 6) is -1.50. The highest BCUT2D eigenvalue weighted by molar-refractivity contribution is 5.82. The van der Waals surface area contributed by atoms with Gasteiger partial charge in [0.05, 0.1) is 17.6 Å². The van der Waals surface area contributed by atoms with Crippen LogP contribution in [0.4, 0.5) is 0 Å². The van der Waals surface area contributed by atoms with Gasteiger partial charge in [-0.15, -0.1) is 5.10 Å². The summed E-state index contributed by atoms with van der Waals surface area (Å²) in [7, 11) is 0. The lowest BCUT2D eigenvalue weighted by Crippen LogP contribution is -2.41. The molecule has 1 atom stereocenters. The van der Waals surface area contributed by atoms with Crippen molar-refractivity contribution >= 4 is 11.9 Å². The topological polar surface area (TPSA) is 97.1 Å². The van der Waals surface area contributed by atoms with Gasteiger partial charge >= 0.3 is 5.97 Å². The number of aromatic nitrogens is 3. The van der Waals surface area contributed by atoms with E-state index in [0.717, 1.165) is 5.69 Å². The van der Waals surface area contributed by atoms with Crippen LogP contribution < -0.4 is 5.32 Å². The fourth-order valence-electron chi connectivity index (χ4n) is 1.75. The van der Waals surface area contributed by atoms with E-state index in [1.54, 1.807) is 10.9 Å². The normalized spacial score (nSPS) is 11.8. The van der Waals surface area contributed by atoms with Crippen LogP contribution in [0.1, 0.15) is 12.6 Å². The highest BCUT2D eigenvalue weighted by Gasteiger charge is 2.20. The van der Waals surface area contributed by atoms with E-state index in [4.69, 9.17) is 5.11 Å². The third-order valence-corrected chi connectivity index (χ3v) is 2.65. The molecule has 1 unspecified atom stereocenters. The average molecular weight is 274 g/mol. The fraction of sp³-hybridized carbons (Fsp3) is 0.231. The second-order valence-electron chi connectivity index (χ2n) is 4.29. The summed E-state index contributed by atoms with van der Waals surface area (Å²) in [6.45, 7) is 1.27. The molecule has 0 bridgehead atoms. The molecule has 2 N–H and O–H groups in total. The van der Waals surface area contributed by atoms with Crippen LogP contribution in [-0.4, -0.2) is 38.0 Å². The average Bonchev–Trinajstić information content (AvgIpc) is 2.87. The molecule has 0 saturated heterocycles. The van der Waals surface area contributed by atoms with E-state index >= 15 is 0 Å². The molecule has 0 saturated carbocycles. The predicted molar refractivity (Wildman–Crippen MR) is 70.3 cm³/mol. The quantitative estimate of drug-likeness (QED) is 0.822. The SMILES string of the molecule is CC(=O)NC(Cc1cn(-c2ccccc2)nn1)C(=O)O. The summed E-state index contributed by atoms with van der Waals surface area (Å²) in [6, 6.07) is 8.34. The zero-order valence-electron chi connectivity index (χ0n) is 10.9. The minimum atomic E-state index is -1.10. The first-order valence-corrected chi connectivity index (χ1v) is 6.03. The molecule has 7 nitrogen and oxygen atoms in total. The molecule has 1 aromatic heterocycles. The molecule has 0 aliphatic rings. The molecule has 0 spiro atoms. The first-order chi connectivity index (χ1) is 9.56. The van der Waals surface area contributed by atoms with Crippen molar-refractivity contribution in [1.29, 1.82) is 0 Å². The van der Waals surface area contributed by atoms with Crippen molar-refractivity contribution < 1.29 is 14.7 Å². The van der Waals surface area contributed by atoms with Gasteiger partial charge in [0.2, 0.25) is 5.91 Å². The van der Waals surface area contributed by atoms with E-state index in [2.05, 4.69) is 15.6 Å². The summed E-state index contributed by atoms with van der Waals surface area (Å²) < 4.78 is 1.56. The molecule has 104 valence electrons. The summed E-state index contributed by atoms with van der Waals surface area (Å²) in [5.41, 5.74) is 1.33. The van der Waals surface area contributed by atoms with Gasteiger partial charge in [0.1, 0.15) is 6.04 Å². The number of hydrogen-bond acceptors (Lipinski definition) is 4. The Kier molecular flexibility index (Phi) is 4.09. The molecular formula is C13H14N4O3. The zero-order chi connectivity index (χ0) is 14.5. The number of benzene rings is 1. The molecule has 0 aliphatic carbocycles. The second kappa shape index (κ2) is 5.96. The van der Waals surface area contributed by atoms with Crippen LogP contribution in [0.3, 0.4) is 0 Å².